The number of amides is 1. The molecule has 1 aromatic rings. The number of carbonyl (C=O) groups excluding carboxylic acids is 1. The molecule has 0 heterocycles. The fourth-order valence-electron chi connectivity index (χ4n) is 1.24. The number of carbonyl (C=O) groups is 1. The van der Waals surface area contributed by atoms with Gasteiger partial charge in [-0.2, -0.15) is 5.26 Å². The van der Waals surface area contributed by atoms with Gasteiger partial charge in [0.25, 0.3) is 5.91 Å². The van der Waals surface area contributed by atoms with Gasteiger partial charge in [0.2, 0.25) is 0 Å². The van der Waals surface area contributed by atoms with Crippen LogP contribution < -0.4 is 5.32 Å². The van der Waals surface area contributed by atoms with Crippen molar-refractivity contribution >= 4 is 34.6 Å². The maximum Gasteiger partial charge on any atom is 0.262 e. The van der Waals surface area contributed by atoms with Crippen LogP contribution in [0, 0.1) is 14.9 Å². The second-order valence-electron chi connectivity index (χ2n) is 3.82. The van der Waals surface area contributed by atoms with Crippen LogP contribution in [0.1, 0.15) is 19.4 Å². The SMILES string of the molecule is CC(C)NC(=O)/C(C#N)=C/c1ccccc1I. The maximum absolute atomic E-state index is 11.7. The van der Waals surface area contributed by atoms with Gasteiger partial charge in [-0.05, 0) is 54.1 Å². The number of halogens is 1. The molecular formula is C13H13IN2O. The Morgan fingerprint density at radius 2 is 2.12 bits per heavy atom. The molecular weight excluding hydrogens is 327 g/mol. The largest absolute Gasteiger partial charge is 0.349 e. The second-order valence-corrected chi connectivity index (χ2v) is 4.98. The van der Waals surface area contributed by atoms with Gasteiger partial charge in [0.15, 0.2) is 0 Å². The van der Waals surface area contributed by atoms with E-state index in [2.05, 4.69) is 27.9 Å². The number of hydrogen-bond acceptors (Lipinski definition) is 2. The monoisotopic (exact) mass is 340 g/mol. The molecule has 0 aromatic heterocycles. The van der Waals surface area contributed by atoms with Crippen LogP contribution in [0.5, 0.6) is 0 Å². The summed E-state index contributed by atoms with van der Waals surface area (Å²) in [6, 6.07) is 9.55. The van der Waals surface area contributed by atoms with Crippen LogP contribution in [0.3, 0.4) is 0 Å². The highest BCUT2D eigenvalue weighted by molar-refractivity contribution is 14.1. The molecule has 0 atom stereocenters. The van der Waals surface area contributed by atoms with Crippen LogP contribution in [0.4, 0.5) is 0 Å². The quantitative estimate of drug-likeness (QED) is 0.523. The van der Waals surface area contributed by atoms with E-state index >= 15 is 0 Å². The number of hydrogen-bond donors (Lipinski definition) is 1. The van der Waals surface area contributed by atoms with Crippen LogP contribution in [0.25, 0.3) is 6.08 Å². The topological polar surface area (TPSA) is 52.9 Å². The Labute approximate surface area is 115 Å². The van der Waals surface area contributed by atoms with Crippen molar-refractivity contribution in [1.29, 1.82) is 5.26 Å². The first-order chi connectivity index (χ1) is 8.04. The number of rotatable bonds is 3. The minimum Gasteiger partial charge on any atom is -0.349 e. The first-order valence-electron chi connectivity index (χ1n) is 5.21. The van der Waals surface area contributed by atoms with Gasteiger partial charge in [-0.1, -0.05) is 18.2 Å². The minimum absolute atomic E-state index is 0.0223. The molecule has 0 bridgehead atoms. The van der Waals surface area contributed by atoms with Crippen LogP contribution in [0.15, 0.2) is 29.8 Å². The second kappa shape index (κ2) is 6.40. The molecule has 0 aliphatic carbocycles. The van der Waals surface area contributed by atoms with Crippen LogP contribution in [-0.4, -0.2) is 11.9 Å². The Morgan fingerprint density at radius 3 is 2.65 bits per heavy atom. The Kier molecular flexibility index (Phi) is 5.16. The predicted octanol–water partition coefficient (Wildman–Crippen LogP) is 2.72. The summed E-state index contributed by atoms with van der Waals surface area (Å²) in [6.07, 6.45) is 1.61. The van der Waals surface area contributed by atoms with Crippen molar-refractivity contribution in [2.75, 3.05) is 0 Å². The molecule has 0 spiro atoms. The number of nitriles is 1. The van der Waals surface area contributed by atoms with E-state index in [1.54, 1.807) is 6.08 Å². The summed E-state index contributed by atoms with van der Waals surface area (Å²) in [5.41, 5.74) is 1.01. The van der Waals surface area contributed by atoms with Crippen molar-refractivity contribution in [3.63, 3.8) is 0 Å². The number of benzene rings is 1. The summed E-state index contributed by atoms with van der Waals surface area (Å²) in [6.45, 7) is 3.72. The Hall–Kier alpha value is -1.35. The van der Waals surface area contributed by atoms with Gasteiger partial charge >= 0.3 is 0 Å². The highest BCUT2D eigenvalue weighted by Gasteiger charge is 2.10. The molecule has 1 N–H and O–H groups in total. The molecule has 1 amide bonds. The minimum atomic E-state index is -0.331. The van der Waals surface area contributed by atoms with E-state index in [0.29, 0.717) is 0 Å². The van der Waals surface area contributed by atoms with Gasteiger partial charge < -0.3 is 5.32 Å². The van der Waals surface area contributed by atoms with Crippen LogP contribution in [0.2, 0.25) is 0 Å². The number of nitrogens with zero attached hydrogens (tertiary/aromatic N) is 1. The highest BCUT2D eigenvalue weighted by Crippen LogP contribution is 2.15. The zero-order valence-electron chi connectivity index (χ0n) is 9.70. The molecule has 0 saturated heterocycles. The van der Waals surface area contributed by atoms with E-state index in [9.17, 15) is 4.79 Å². The molecule has 3 nitrogen and oxygen atoms in total. The lowest BCUT2D eigenvalue weighted by molar-refractivity contribution is -0.117. The molecule has 4 heteroatoms. The fraction of sp³-hybridized carbons (Fsp3) is 0.231. The molecule has 0 aliphatic rings. The van der Waals surface area contributed by atoms with Crippen molar-refractivity contribution in [1.82, 2.24) is 5.32 Å². The average molecular weight is 340 g/mol. The lowest BCUT2D eigenvalue weighted by Gasteiger charge is -2.07. The third kappa shape index (κ3) is 4.19. The third-order valence-corrected chi connectivity index (χ3v) is 2.97. The molecule has 17 heavy (non-hydrogen) atoms. The molecule has 0 radical (unpaired) electrons. The van der Waals surface area contributed by atoms with Crippen molar-refractivity contribution < 1.29 is 4.79 Å². The van der Waals surface area contributed by atoms with Crippen molar-refractivity contribution in [3.05, 3.63) is 39.0 Å². The maximum atomic E-state index is 11.7. The molecule has 0 aliphatic heterocycles. The molecule has 1 rings (SSSR count). The van der Waals surface area contributed by atoms with Crippen molar-refractivity contribution in [3.8, 4) is 6.07 Å². The fourth-order valence-corrected chi connectivity index (χ4v) is 1.78. The summed E-state index contributed by atoms with van der Waals surface area (Å²) in [5, 5.41) is 11.7. The standard InChI is InChI=1S/C13H13IN2O/c1-9(2)16-13(17)11(8-15)7-10-5-3-4-6-12(10)14/h3-7,9H,1-2H3,(H,16,17)/b11-7+. The third-order valence-electron chi connectivity index (χ3n) is 1.99. The van der Waals surface area contributed by atoms with E-state index in [0.717, 1.165) is 9.13 Å². The lowest BCUT2D eigenvalue weighted by atomic mass is 10.1. The van der Waals surface area contributed by atoms with E-state index in [1.165, 1.54) is 0 Å². The Balaban J connectivity index is 3.00. The van der Waals surface area contributed by atoms with Crippen molar-refractivity contribution in [2.24, 2.45) is 0 Å². The number of nitrogens with one attached hydrogen (secondary N) is 1. The smallest absolute Gasteiger partial charge is 0.262 e. The van der Waals surface area contributed by atoms with Gasteiger partial charge in [0, 0.05) is 9.61 Å². The van der Waals surface area contributed by atoms with Crippen LogP contribution >= 0.6 is 22.6 Å². The predicted molar refractivity (Wildman–Crippen MR) is 76.0 cm³/mol. The molecule has 0 unspecified atom stereocenters. The zero-order valence-corrected chi connectivity index (χ0v) is 11.9. The van der Waals surface area contributed by atoms with E-state index in [-0.39, 0.29) is 17.5 Å². The average Bonchev–Trinajstić information content (AvgIpc) is 2.27. The summed E-state index contributed by atoms with van der Waals surface area (Å²) >= 11 is 2.17. The van der Waals surface area contributed by atoms with Gasteiger partial charge in [-0.3, -0.25) is 4.79 Å². The first-order valence-corrected chi connectivity index (χ1v) is 6.29. The molecule has 0 fully saturated rings. The molecule has 88 valence electrons. The van der Waals surface area contributed by atoms with Gasteiger partial charge in [0.05, 0.1) is 0 Å². The summed E-state index contributed by atoms with van der Waals surface area (Å²) in [4.78, 5) is 11.7. The lowest BCUT2D eigenvalue weighted by Crippen LogP contribution is -2.30. The first kappa shape index (κ1) is 13.7. The molecule has 0 saturated carbocycles. The van der Waals surface area contributed by atoms with E-state index in [4.69, 9.17) is 5.26 Å². The summed E-state index contributed by atoms with van der Waals surface area (Å²) < 4.78 is 1.01. The van der Waals surface area contributed by atoms with Crippen LogP contribution in [-0.2, 0) is 4.79 Å². The zero-order chi connectivity index (χ0) is 12.8. The van der Waals surface area contributed by atoms with Crippen molar-refractivity contribution in [2.45, 2.75) is 19.9 Å². The van der Waals surface area contributed by atoms with E-state index < -0.39 is 0 Å². The Bertz CT molecular complexity index is 486. The van der Waals surface area contributed by atoms with Gasteiger partial charge in [0.1, 0.15) is 11.6 Å². The highest BCUT2D eigenvalue weighted by atomic mass is 127. The summed E-state index contributed by atoms with van der Waals surface area (Å²) in [5.74, 6) is -0.331. The van der Waals surface area contributed by atoms with Gasteiger partial charge in [-0.15, -0.1) is 0 Å². The molecule has 1 aromatic carbocycles. The van der Waals surface area contributed by atoms with E-state index in [1.807, 2.05) is 44.2 Å². The summed E-state index contributed by atoms with van der Waals surface area (Å²) in [7, 11) is 0. The van der Waals surface area contributed by atoms with Gasteiger partial charge in [-0.25, -0.2) is 0 Å². The Morgan fingerprint density at radius 1 is 1.47 bits per heavy atom. The normalized spacial score (nSPS) is 11.1.